The van der Waals surface area contributed by atoms with Crippen molar-refractivity contribution in [1.29, 1.82) is 0 Å². The first-order valence-corrected chi connectivity index (χ1v) is 10.6. The Kier molecular flexibility index (Phi) is 7.10. The Morgan fingerprint density at radius 3 is 2.26 bits per heavy atom. The highest BCUT2D eigenvalue weighted by Gasteiger charge is 2.20. The number of nitrogens with zero attached hydrogens (tertiary/aromatic N) is 1. The van der Waals surface area contributed by atoms with E-state index in [0.29, 0.717) is 10.7 Å². The number of ether oxygens (including phenoxy) is 1. The van der Waals surface area contributed by atoms with Crippen LogP contribution >= 0.6 is 11.6 Å². The van der Waals surface area contributed by atoms with Gasteiger partial charge in [-0.1, -0.05) is 17.7 Å². The third-order valence-electron chi connectivity index (χ3n) is 3.69. The number of rotatable bonds is 8. The van der Waals surface area contributed by atoms with Gasteiger partial charge in [-0.3, -0.25) is 9.10 Å². The van der Waals surface area contributed by atoms with Gasteiger partial charge in [-0.05, 0) is 61.4 Å². The van der Waals surface area contributed by atoms with Gasteiger partial charge in [0.25, 0.3) is 0 Å². The second-order valence-corrected chi connectivity index (χ2v) is 8.61. The molecule has 0 fully saturated rings. The van der Waals surface area contributed by atoms with Gasteiger partial charge in [-0.2, -0.15) is 0 Å². The molecule has 0 bridgehead atoms. The van der Waals surface area contributed by atoms with Crippen molar-refractivity contribution in [3.63, 3.8) is 0 Å². The summed E-state index contributed by atoms with van der Waals surface area (Å²) in [4.78, 5) is 12.2. The summed E-state index contributed by atoms with van der Waals surface area (Å²) in [5.41, 5.74) is 2.57. The van der Waals surface area contributed by atoms with Gasteiger partial charge in [0.15, 0.2) is 0 Å². The Morgan fingerprint density at radius 1 is 1.11 bits per heavy atom. The van der Waals surface area contributed by atoms with E-state index in [0.717, 1.165) is 27.4 Å². The van der Waals surface area contributed by atoms with E-state index in [9.17, 15) is 13.2 Å². The predicted octanol–water partition coefficient (Wildman–Crippen LogP) is 2.92. The number of aryl methyl sites for hydroxylation is 2. The minimum atomic E-state index is -3.61. The van der Waals surface area contributed by atoms with Gasteiger partial charge in [0, 0.05) is 5.02 Å². The van der Waals surface area contributed by atoms with E-state index in [-0.39, 0.29) is 19.7 Å². The molecular weight excluding hydrogens is 388 g/mol. The minimum Gasteiger partial charge on any atom is -0.492 e. The lowest BCUT2D eigenvalue weighted by Crippen LogP contribution is -2.41. The molecule has 0 heterocycles. The van der Waals surface area contributed by atoms with Crippen LogP contribution in [0.25, 0.3) is 0 Å². The smallest absolute Gasteiger partial charge is 0.240 e. The average molecular weight is 411 g/mol. The number of anilines is 1. The molecule has 0 aliphatic heterocycles. The van der Waals surface area contributed by atoms with Crippen molar-refractivity contribution >= 4 is 33.2 Å². The molecule has 6 nitrogen and oxygen atoms in total. The highest BCUT2D eigenvalue weighted by molar-refractivity contribution is 7.92. The summed E-state index contributed by atoms with van der Waals surface area (Å²) >= 11 is 5.83. The summed E-state index contributed by atoms with van der Waals surface area (Å²) in [5, 5.41) is 3.16. The number of hydrogen-bond donors (Lipinski definition) is 1. The fourth-order valence-corrected chi connectivity index (χ4v) is 3.55. The summed E-state index contributed by atoms with van der Waals surface area (Å²) in [6.07, 6.45) is 1.05. The molecule has 8 heteroatoms. The number of amides is 1. The quantitative estimate of drug-likeness (QED) is 0.679. The molecule has 27 heavy (non-hydrogen) atoms. The highest BCUT2D eigenvalue weighted by Crippen LogP contribution is 2.20. The largest absolute Gasteiger partial charge is 0.492 e. The van der Waals surface area contributed by atoms with Crippen molar-refractivity contribution in [3.8, 4) is 5.75 Å². The number of benzene rings is 2. The van der Waals surface area contributed by atoms with Gasteiger partial charge in [0.2, 0.25) is 15.9 Å². The van der Waals surface area contributed by atoms with E-state index in [1.807, 2.05) is 32.0 Å². The van der Waals surface area contributed by atoms with E-state index < -0.39 is 15.9 Å². The molecule has 2 rings (SSSR count). The van der Waals surface area contributed by atoms with Crippen molar-refractivity contribution in [2.24, 2.45) is 0 Å². The molecule has 146 valence electrons. The van der Waals surface area contributed by atoms with Crippen molar-refractivity contribution in [2.75, 3.05) is 30.3 Å². The molecular formula is C19H23ClN2O4S. The lowest BCUT2D eigenvalue weighted by Gasteiger charge is -2.22. The number of hydrogen-bond acceptors (Lipinski definition) is 4. The van der Waals surface area contributed by atoms with Crippen LogP contribution in [-0.4, -0.2) is 40.3 Å². The number of carbonyl (C=O) groups is 1. The van der Waals surface area contributed by atoms with E-state index in [1.54, 1.807) is 24.3 Å². The Bertz CT molecular complexity index is 878. The lowest BCUT2D eigenvalue weighted by molar-refractivity contribution is -0.119. The second-order valence-electron chi connectivity index (χ2n) is 6.27. The fraction of sp³-hybridized carbons (Fsp3) is 0.316. The van der Waals surface area contributed by atoms with Gasteiger partial charge in [-0.15, -0.1) is 0 Å². The summed E-state index contributed by atoms with van der Waals surface area (Å²) < 4.78 is 30.7. The first kappa shape index (κ1) is 21.1. The van der Waals surface area contributed by atoms with E-state index >= 15 is 0 Å². The summed E-state index contributed by atoms with van der Waals surface area (Å²) in [6, 6.07) is 12.1. The van der Waals surface area contributed by atoms with Crippen LogP contribution in [0.3, 0.4) is 0 Å². The van der Waals surface area contributed by atoms with Gasteiger partial charge in [0.05, 0.1) is 18.5 Å². The number of carbonyl (C=O) groups excluding carboxylic acids is 1. The molecule has 0 aliphatic rings. The molecule has 0 unspecified atom stereocenters. The number of sulfonamides is 1. The van der Waals surface area contributed by atoms with Crippen LogP contribution in [0.4, 0.5) is 5.69 Å². The molecule has 0 atom stereocenters. The normalized spacial score (nSPS) is 11.1. The molecule has 0 aromatic heterocycles. The van der Waals surface area contributed by atoms with Crippen LogP contribution in [0.5, 0.6) is 5.75 Å². The molecule has 2 aromatic carbocycles. The Balaban J connectivity index is 1.89. The first-order valence-electron chi connectivity index (χ1n) is 8.36. The maximum absolute atomic E-state index is 12.2. The van der Waals surface area contributed by atoms with Crippen LogP contribution < -0.4 is 14.4 Å². The van der Waals surface area contributed by atoms with Crippen LogP contribution in [-0.2, 0) is 14.8 Å². The van der Waals surface area contributed by atoms with Crippen LogP contribution in [0.1, 0.15) is 11.1 Å². The van der Waals surface area contributed by atoms with Crippen LogP contribution in [0, 0.1) is 13.8 Å². The molecule has 1 N–H and O–H groups in total. The standard InChI is InChI=1S/C19H23ClN2O4S/c1-14-10-15(2)12-18(11-14)26-9-8-21-19(23)13-22(27(3,24)25)17-6-4-16(20)5-7-17/h4-7,10-12H,8-9,13H2,1-3H3,(H,21,23). The van der Waals surface area contributed by atoms with Gasteiger partial charge < -0.3 is 10.1 Å². The zero-order valence-electron chi connectivity index (χ0n) is 15.5. The molecule has 0 aliphatic carbocycles. The van der Waals surface area contributed by atoms with Gasteiger partial charge >= 0.3 is 0 Å². The highest BCUT2D eigenvalue weighted by atomic mass is 35.5. The van der Waals surface area contributed by atoms with Crippen molar-refractivity contribution < 1.29 is 17.9 Å². The zero-order chi connectivity index (χ0) is 20.0. The van der Waals surface area contributed by atoms with Crippen molar-refractivity contribution in [2.45, 2.75) is 13.8 Å². The van der Waals surface area contributed by atoms with Crippen molar-refractivity contribution in [1.82, 2.24) is 5.32 Å². The third kappa shape index (κ3) is 6.77. The van der Waals surface area contributed by atoms with Gasteiger partial charge in [0.1, 0.15) is 18.9 Å². The topological polar surface area (TPSA) is 75.7 Å². The first-order chi connectivity index (χ1) is 12.6. The van der Waals surface area contributed by atoms with Crippen LogP contribution in [0.15, 0.2) is 42.5 Å². The summed E-state index contributed by atoms with van der Waals surface area (Å²) in [7, 11) is -3.61. The molecule has 0 spiro atoms. The second kappa shape index (κ2) is 9.10. The zero-order valence-corrected chi connectivity index (χ0v) is 17.1. The Hall–Kier alpha value is -2.25. The Morgan fingerprint density at radius 2 is 1.70 bits per heavy atom. The Labute approximate surface area is 165 Å². The van der Waals surface area contributed by atoms with Gasteiger partial charge in [-0.25, -0.2) is 8.42 Å². The number of nitrogens with one attached hydrogen (secondary N) is 1. The van der Waals surface area contributed by atoms with E-state index in [4.69, 9.17) is 16.3 Å². The molecule has 0 saturated heterocycles. The molecule has 0 saturated carbocycles. The van der Waals surface area contributed by atoms with Crippen molar-refractivity contribution in [3.05, 3.63) is 58.6 Å². The summed E-state index contributed by atoms with van der Waals surface area (Å²) in [5.74, 6) is 0.320. The van der Waals surface area contributed by atoms with E-state index in [2.05, 4.69) is 5.32 Å². The molecule has 0 radical (unpaired) electrons. The SMILES string of the molecule is Cc1cc(C)cc(OCCNC(=O)CN(c2ccc(Cl)cc2)S(C)(=O)=O)c1. The monoisotopic (exact) mass is 410 g/mol. The third-order valence-corrected chi connectivity index (χ3v) is 5.08. The van der Waals surface area contributed by atoms with E-state index in [1.165, 1.54) is 0 Å². The fourth-order valence-electron chi connectivity index (χ4n) is 2.57. The average Bonchev–Trinajstić information content (AvgIpc) is 2.56. The maximum Gasteiger partial charge on any atom is 0.240 e. The lowest BCUT2D eigenvalue weighted by atomic mass is 10.1. The predicted molar refractivity (Wildman–Crippen MR) is 108 cm³/mol. The number of halogens is 1. The molecule has 2 aromatic rings. The minimum absolute atomic E-state index is 0.268. The molecule has 1 amide bonds. The maximum atomic E-state index is 12.2. The summed E-state index contributed by atoms with van der Waals surface area (Å²) in [6.45, 7) is 4.21. The van der Waals surface area contributed by atoms with Crippen LogP contribution in [0.2, 0.25) is 5.02 Å².